The first-order valence-corrected chi connectivity index (χ1v) is 11.5. The molecule has 1 saturated heterocycles. The summed E-state index contributed by atoms with van der Waals surface area (Å²) in [5.41, 5.74) is 4.01. The van der Waals surface area contributed by atoms with Gasteiger partial charge in [-0.2, -0.15) is 0 Å². The van der Waals surface area contributed by atoms with Crippen LogP contribution in [0.2, 0.25) is 0 Å². The van der Waals surface area contributed by atoms with Gasteiger partial charge in [0.25, 0.3) is 5.91 Å². The van der Waals surface area contributed by atoms with Crippen LogP contribution in [0.4, 0.5) is 0 Å². The van der Waals surface area contributed by atoms with E-state index in [0.29, 0.717) is 18.0 Å². The molecule has 0 bridgehead atoms. The molecule has 1 aliphatic heterocycles. The molecule has 172 valence electrons. The van der Waals surface area contributed by atoms with Crippen molar-refractivity contribution in [1.82, 2.24) is 20.1 Å². The maximum absolute atomic E-state index is 12.7. The van der Waals surface area contributed by atoms with Gasteiger partial charge in [-0.15, -0.1) is 0 Å². The average Bonchev–Trinajstić information content (AvgIpc) is 2.85. The van der Waals surface area contributed by atoms with Crippen LogP contribution in [0.5, 0.6) is 5.88 Å². The Morgan fingerprint density at radius 2 is 1.67 bits per heavy atom. The predicted molar refractivity (Wildman–Crippen MR) is 130 cm³/mol. The summed E-state index contributed by atoms with van der Waals surface area (Å²) in [4.78, 5) is 21.9. The van der Waals surface area contributed by atoms with Crippen molar-refractivity contribution in [1.29, 1.82) is 0 Å². The topological polar surface area (TPSA) is 57.7 Å². The fourth-order valence-corrected chi connectivity index (χ4v) is 3.97. The molecule has 6 nitrogen and oxygen atoms in total. The zero-order valence-corrected chi connectivity index (χ0v) is 19.4. The molecular weight excluding hydrogens is 412 g/mol. The zero-order valence-electron chi connectivity index (χ0n) is 19.4. The number of carbonyl (C=O) groups excluding carboxylic acids is 1. The number of benzene rings is 2. The SMILES string of the molecule is CC(Oc1ccc(C(=O)NCc2ccccc2CN2CCN(C)CC2)cn1)c1ccccc1. The Balaban J connectivity index is 1.32. The molecule has 6 heteroatoms. The van der Waals surface area contributed by atoms with Crippen molar-refractivity contribution < 1.29 is 9.53 Å². The summed E-state index contributed by atoms with van der Waals surface area (Å²) in [6.45, 7) is 7.71. The average molecular weight is 445 g/mol. The Labute approximate surface area is 196 Å². The standard InChI is InChI=1S/C27H32N4O2/c1-21(22-8-4-3-5-9-22)33-26-13-12-24(19-28-26)27(32)29-18-23-10-6-7-11-25(23)20-31-16-14-30(2)15-17-31/h3-13,19,21H,14-18,20H2,1-2H3,(H,29,32). The molecule has 1 N–H and O–H groups in total. The number of pyridine rings is 1. The van der Waals surface area contributed by atoms with E-state index in [0.717, 1.165) is 43.9 Å². The van der Waals surface area contributed by atoms with E-state index in [-0.39, 0.29) is 12.0 Å². The summed E-state index contributed by atoms with van der Waals surface area (Å²) in [5, 5.41) is 3.04. The molecule has 1 unspecified atom stereocenters. The minimum absolute atomic E-state index is 0.116. The molecule has 4 rings (SSSR count). The van der Waals surface area contributed by atoms with Gasteiger partial charge in [0, 0.05) is 51.5 Å². The molecule has 1 aromatic heterocycles. The number of likely N-dealkylation sites (N-methyl/N-ethyl adjacent to an activating group) is 1. The van der Waals surface area contributed by atoms with Crippen molar-refractivity contribution in [2.24, 2.45) is 0 Å². The highest BCUT2D eigenvalue weighted by Crippen LogP contribution is 2.20. The van der Waals surface area contributed by atoms with Crippen molar-refractivity contribution in [3.8, 4) is 5.88 Å². The third-order valence-corrected chi connectivity index (χ3v) is 6.11. The van der Waals surface area contributed by atoms with E-state index in [1.807, 2.05) is 43.3 Å². The van der Waals surface area contributed by atoms with Gasteiger partial charge in [0.15, 0.2) is 0 Å². The van der Waals surface area contributed by atoms with Gasteiger partial charge in [0.05, 0.1) is 5.56 Å². The van der Waals surface area contributed by atoms with E-state index in [4.69, 9.17) is 4.74 Å². The third-order valence-electron chi connectivity index (χ3n) is 6.11. The van der Waals surface area contributed by atoms with E-state index in [1.165, 1.54) is 5.56 Å². The molecule has 1 atom stereocenters. The first-order valence-electron chi connectivity index (χ1n) is 11.5. The first-order chi connectivity index (χ1) is 16.1. The van der Waals surface area contributed by atoms with Crippen LogP contribution in [-0.2, 0) is 13.1 Å². The lowest BCUT2D eigenvalue weighted by Gasteiger charge is -2.32. The number of piperazine rings is 1. The normalized spacial score (nSPS) is 15.7. The van der Waals surface area contributed by atoms with Gasteiger partial charge >= 0.3 is 0 Å². The van der Waals surface area contributed by atoms with E-state index < -0.39 is 0 Å². The van der Waals surface area contributed by atoms with Crippen molar-refractivity contribution in [3.63, 3.8) is 0 Å². The highest BCUT2D eigenvalue weighted by Gasteiger charge is 2.16. The number of hydrogen-bond acceptors (Lipinski definition) is 5. The molecule has 0 spiro atoms. The molecule has 2 aromatic carbocycles. The van der Waals surface area contributed by atoms with E-state index >= 15 is 0 Å². The van der Waals surface area contributed by atoms with Crippen LogP contribution in [0.25, 0.3) is 0 Å². The predicted octanol–water partition coefficient (Wildman–Crippen LogP) is 3.90. The summed E-state index contributed by atoms with van der Waals surface area (Å²) >= 11 is 0. The van der Waals surface area contributed by atoms with Crippen LogP contribution in [-0.4, -0.2) is 53.9 Å². The molecule has 0 aliphatic carbocycles. The minimum Gasteiger partial charge on any atom is -0.470 e. The molecule has 0 saturated carbocycles. The molecule has 1 amide bonds. The summed E-state index contributed by atoms with van der Waals surface area (Å²) < 4.78 is 5.91. The number of nitrogens with zero attached hydrogens (tertiary/aromatic N) is 3. The van der Waals surface area contributed by atoms with Crippen LogP contribution in [0.1, 0.15) is 40.1 Å². The molecule has 1 aliphatic rings. The first kappa shape index (κ1) is 23.0. The fraction of sp³-hybridized carbons (Fsp3) is 0.333. The smallest absolute Gasteiger partial charge is 0.253 e. The van der Waals surface area contributed by atoms with E-state index in [9.17, 15) is 4.79 Å². The van der Waals surface area contributed by atoms with Gasteiger partial charge in [-0.25, -0.2) is 4.98 Å². The molecule has 3 aromatic rings. The Morgan fingerprint density at radius 3 is 2.36 bits per heavy atom. The number of ether oxygens (including phenoxy) is 1. The second-order valence-corrected chi connectivity index (χ2v) is 8.59. The van der Waals surface area contributed by atoms with Crippen LogP contribution in [0.15, 0.2) is 72.9 Å². The molecule has 33 heavy (non-hydrogen) atoms. The quantitative estimate of drug-likeness (QED) is 0.571. The van der Waals surface area contributed by atoms with Crippen molar-refractivity contribution in [2.45, 2.75) is 26.1 Å². The lowest BCUT2D eigenvalue weighted by atomic mass is 10.1. The second kappa shape index (κ2) is 11.1. The highest BCUT2D eigenvalue weighted by molar-refractivity contribution is 5.93. The van der Waals surface area contributed by atoms with Crippen molar-refractivity contribution >= 4 is 5.91 Å². The lowest BCUT2D eigenvalue weighted by molar-refractivity contribution is 0.0950. The number of aromatic nitrogens is 1. The Hall–Kier alpha value is -3.22. The maximum Gasteiger partial charge on any atom is 0.253 e. The van der Waals surface area contributed by atoms with Crippen LogP contribution < -0.4 is 10.1 Å². The van der Waals surface area contributed by atoms with Crippen LogP contribution in [0.3, 0.4) is 0 Å². The molecule has 2 heterocycles. The molecule has 0 radical (unpaired) electrons. The Kier molecular flexibility index (Phi) is 7.70. The highest BCUT2D eigenvalue weighted by atomic mass is 16.5. The second-order valence-electron chi connectivity index (χ2n) is 8.59. The van der Waals surface area contributed by atoms with Gasteiger partial charge in [-0.1, -0.05) is 54.6 Å². The number of nitrogens with one attached hydrogen (secondary N) is 1. The van der Waals surface area contributed by atoms with E-state index in [2.05, 4.69) is 45.3 Å². The summed E-state index contributed by atoms with van der Waals surface area (Å²) in [6, 6.07) is 21.8. The maximum atomic E-state index is 12.7. The molecular formula is C27H32N4O2. The van der Waals surface area contributed by atoms with Gasteiger partial charge in [0.2, 0.25) is 5.88 Å². The minimum atomic E-state index is -0.139. The van der Waals surface area contributed by atoms with Gasteiger partial charge in [-0.3, -0.25) is 9.69 Å². The summed E-state index contributed by atoms with van der Waals surface area (Å²) in [6.07, 6.45) is 1.45. The van der Waals surface area contributed by atoms with E-state index in [1.54, 1.807) is 18.3 Å². The largest absolute Gasteiger partial charge is 0.470 e. The summed E-state index contributed by atoms with van der Waals surface area (Å²) in [5.74, 6) is 0.361. The Morgan fingerprint density at radius 1 is 0.970 bits per heavy atom. The molecule has 1 fully saturated rings. The number of carbonyl (C=O) groups is 1. The number of hydrogen-bond donors (Lipinski definition) is 1. The summed E-state index contributed by atoms with van der Waals surface area (Å²) in [7, 11) is 2.16. The number of rotatable bonds is 8. The van der Waals surface area contributed by atoms with Gasteiger partial charge in [-0.05, 0) is 36.7 Å². The fourth-order valence-electron chi connectivity index (χ4n) is 3.97. The van der Waals surface area contributed by atoms with Crippen molar-refractivity contribution in [2.75, 3.05) is 33.2 Å². The number of amides is 1. The van der Waals surface area contributed by atoms with Crippen molar-refractivity contribution in [3.05, 3.63) is 95.2 Å². The van der Waals surface area contributed by atoms with Gasteiger partial charge in [0.1, 0.15) is 6.10 Å². The lowest BCUT2D eigenvalue weighted by Crippen LogP contribution is -2.44. The van der Waals surface area contributed by atoms with Crippen LogP contribution in [0, 0.1) is 0 Å². The van der Waals surface area contributed by atoms with Gasteiger partial charge < -0.3 is 15.0 Å². The third kappa shape index (κ3) is 6.40. The Bertz CT molecular complexity index is 1030. The zero-order chi connectivity index (χ0) is 23.0. The van der Waals surface area contributed by atoms with Crippen LogP contribution >= 0.6 is 0 Å². The monoisotopic (exact) mass is 444 g/mol.